The van der Waals surface area contributed by atoms with Crippen LogP contribution in [-0.2, 0) is 4.79 Å². The van der Waals surface area contributed by atoms with Gasteiger partial charge in [-0.15, -0.1) is 11.3 Å². The molecular weight excluding hydrogens is 350 g/mol. The number of nitrogens with one attached hydrogen (secondary N) is 1. The Morgan fingerprint density at radius 3 is 2.79 bits per heavy atom. The van der Waals surface area contributed by atoms with E-state index in [0.29, 0.717) is 16.7 Å². The summed E-state index contributed by atoms with van der Waals surface area (Å²) in [6, 6.07) is 11.0. The molecule has 7 heteroatoms. The summed E-state index contributed by atoms with van der Waals surface area (Å²) < 4.78 is 24.6. The van der Waals surface area contributed by atoms with E-state index in [9.17, 15) is 13.6 Å². The summed E-state index contributed by atoms with van der Waals surface area (Å²) in [6.45, 7) is 0.996. The van der Waals surface area contributed by atoms with Crippen LogP contribution in [0.3, 0.4) is 0 Å². The second-order valence-electron chi connectivity index (χ2n) is 5.52. The highest BCUT2D eigenvalue weighted by Gasteiger charge is 2.30. The lowest BCUT2D eigenvalue weighted by Gasteiger charge is -2.24. The number of hydrogen-bond donors (Lipinski definition) is 1. The van der Waals surface area contributed by atoms with Crippen molar-refractivity contribution in [3.05, 3.63) is 46.7 Å². The molecule has 2 aromatic rings. The topological polar surface area (TPSA) is 32.3 Å². The quantitative estimate of drug-likeness (QED) is 0.741. The fourth-order valence-electron chi connectivity index (χ4n) is 2.88. The number of halogens is 2. The smallest absolute Gasteiger partial charge is 0.288 e. The number of amides is 1. The molecule has 1 aromatic heterocycles. The van der Waals surface area contributed by atoms with Crippen molar-refractivity contribution in [2.45, 2.75) is 29.5 Å². The van der Waals surface area contributed by atoms with Crippen molar-refractivity contribution in [1.29, 1.82) is 0 Å². The zero-order valence-electron chi connectivity index (χ0n) is 13.0. The van der Waals surface area contributed by atoms with E-state index in [1.807, 2.05) is 16.3 Å². The van der Waals surface area contributed by atoms with E-state index in [4.69, 9.17) is 0 Å². The number of thioether (sulfide) groups is 1. The van der Waals surface area contributed by atoms with Gasteiger partial charge in [0.25, 0.3) is 5.76 Å². The van der Waals surface area contributed by atoms with Gasteiger partial charge in [0.2, 0.25) is 5.91 Å². The van der Waals surface area contributed by atoms with Crippen LogP contribution in [0.1, 0.15) is 23.8 Å². The number of anilines is 1. The second kappa shape index (κ2) is 7.98. The molecule has 0 saturated carbocycles. The Morgan fingerprint density at radius 2 is 2.12 bits per heavy atom. The van der Waals surface area contributed by atoms with Crippen LogP contribution in [0, 0.1) is 0 Å². The van der Waals surface area contributed by atoms with E-state index in [2.05, 4.69) is 11.4 Å². The maximum Gasteiger partial charge on any atom is 0.288 e. The molecule has 1 saturated heterocycles. The predicted octanol–water partition coefficient (Wildman–Crippen LogP) is 4.84. The molecule has 2 heterocycles. The van der Waals surface area contributed by atoms with E-state index in [0.717, 1.165) is 25.1 Å². The summed E-state index contributed by atoms with van der Waals surface area (Å²) in [6.07, 6.45) is 2.03. The lowest BCUT2D eigenvalue weighted by Crippen LogP contribution is -2.34. The van der Waals surface area contributed by atoms with Gasteiger partial charge in [-0.05, 0) is 48.6 Å². The molecule has 24 heavy (non-hydrogen) atoms. The van der Waals surface area contributed by atoms with Crippen molar-refractivity contribution in [2.75, 3.05) is 18.4 Å². The van der Waals surface area contributed by atoms with Crippen molar-refractivity contribution in [2.24, 2.45) is 0 Å². The number of alkyl halides is 2. The van der Waals surface area contributed by atoms with Crippen LogP contribution in [0.4, 0.5) is 14.5 Å². The van der Waals surface area contributed by atoms with Crippen molar-refractivity contribution < 1.29 is 13.6 Å². The summed E-state index contributed by atoms with van der Waals surface area (Å²) >= 11 is 2.20. The summed E-state index contributed by atoms with van der Waals surface area (Å²) in [5.41, 5.74) is 0.758. The summed E-state index contributed by atoms with van der Waals surface area (Å²) in [5, 5.41) is 5.12. The molecule has 0 aliphatic carbocycles. The lowest BCUT2D eigenvalue weighted by molar-refractivity contribution is -0.130. The first-order valence-corrected chi connectivity index (χ1v) is 9.51. The highest BCUT2D eigenvalue weighted by molar-refractivity contribution is 7.99. The van der Waals surface area contributed by atoms with Crippen LogP contribution < -0.4 is 5.32 Å². The molecule has 1 aliphatic rings. The molecule has 1 amide bonds. The number of hydrogen-bond acceptors (Lipinski definition) is 4. The molecule has 1 aliphatic heterocycles. The molecular formula is C17H18F2N2OS2. The summed E-state index contributed by atoms with van der Waals surface area (Å²) in [5.74, 6) is -2.35. The standard InChI is InChI=1S/C17H18F2N2OS2/c18-17(19)24-13-7-5-12(6-8-13)20-11-16(22)21-9-1-3-14(21)15-4-2-10-23-15/h2,4-8,10,14,17,20H,1,3,9,11H2. The Balaban J connectivity index is 1.55. The zero-order chi connectivity index (χ0) is 16.9. The minimum absolute atomic E-state index is 0.0666. The Morgan fingerprint density at radius 1 is 1.33 bits per heavy atom. The van der Waals surface area contributed by atoms with Gasteiger partial charge in [-0.2, -0.15) is 8.78 Å². The Hall–Kier alpha value is -1.60. The number of likely N-dealkylation sites (tertiary alicyclic amines) is 1. The molecule has 1 aromatic carbocycles. The zero-order valence-corrected chi connectivity index (χ0v) is 14.6. The average Bonchev–Trinajstić information content (AvgIpc) is 3.24. The normalized spacial score (nSPS) is 17.5. The molecule has 1 unspecified atom stereocenters. The number of nitrogens with zero attached hydrogens (tertiary/aromatic N) is 1. The van der Waals surface area contributed by atoms with E-state index < -0.39 is 5.76 Å². The number of thiophene rings is 1. The van der Waals surface area contributed by atoms with Gasteiger partial charge in [0, 0.05) is 22.0 Å². The third-order valence-electron chi connectivity index (χ3n) is 3.97. The fraction of sp³-hybridized carbons (Fsp3) is 0.353. The van der Waals surface area contributed by atoms with Crippen LogP contribution in [-0.4, -0.2) is 29.7 Å². The highest BCUT2D eigenvalue weighted by atomic mass is 32.2. The number of benzene rings is 1. The van der Waals surface area contributed by atoms with E-state index in [-0.39, 0.29) is 18.5 Å². The molecule has 0 radical (unpaired) electrons. The first kappa shape index (κ1) is 17.2. The Kier molecular flexibility index (Phi) is 5.73. The van der Waals surface area contributed by atoms with Crippen molar-refractivity contribution in [1.82, 2.24) is 4.90 Å². The van der Waals surface area contributed by atoms with Crippen LogP contribution in [0.15, 0.2) is 46.7 Å². The van der Waals surface area contributed by atoms with E-state index >= 15 is 0 Å². The lowest BCUT2D eigenvalue weighted by atomic mass is 10.2. The van der Waals surface area contributed by atoms with Gasteiger partial charge in [-0.25, -0.2) is 0 Å². The average molecular weight is 368 g/mol. The molecule has 3 rings (SSSR count). The van der Waals surface area contributed by atoms with Crippen LogP contribution in [0.5, 0.6) is 0 Å². The van der Waals surface area contributed by atoms with Crippen LogP contribution in [0.25, 0.3) is 0 Å². The summed E-state index contributed by atoms with van der Waals surface area (Å²) in [7, 11) is 0. The van der Waals surface area contributed by atoms with Crippen LogP contribution >= 0.6 is 23.1 Å². The largest absolute Gasteiger partial charge is 0.376 e. The van der Waals surface area contributed by atoms with Gasteiger partial charge in [0.1, 0.15) is 0 Å². The molecule has 3 nitrogen and oxygen atoms in total. The van der Waals surface area contributed by atoms with Crippen molar-refractivity contribution in [3.63, 3.8) is 0 Å². The van der Waals surface area contributed by atoms with Crippen molar-refractivity contribution >= 4 is 34.7 Å². The second-order valence-corrected chi connectivity index (χ2v) is 7.56. The predicted molar refractivity (Wildman–Crippen MR) is 94.8 cm³/mol. The third kappa shape index (κ3) is 4.27. The number of carbonyl (C=O) groups excluding carboxylic acids is 1. The minimum Gasteiger partial charge on any atom is -0.376 e. The summed E-state index contributed by atoms with van der Waals surface area (Å²) in [4.78, 5) is 16.2. The molecule has 1 fully saturated rings. The SMILES string of the molecule is O=C(CNc1ccc(SC(F)F)cc1)N1CCCC1c1cccs1. The van der Waals surface area contributed by atoms with Gasteiger partial charge in [-0.3, -0.25) is 4.79 Å². The monoisotopic (exact) mass is 368 g/mol. The molecule has 0 bridgehead atoms. The number of carbonyl (C=O) groups is 1. The first-order valence-electron chi connectivity index (χ1n) is 7.75. The van der Waals surface area contributed by atoms with E-state index in [1.165, 1.54) is 4.88 Å². The Bertz CT molecular complexity index is 662. The van der Waals surface area contributed by atoms with Gasteiger partial charge in [0.05, 0.1) is 12.6 Å². The number of rotatable bonds is 6. The third-order valence-corrected chi connectivity index (χ3v) is 5.66. The van der Waals surface area contributed by atoms with Gasteiger partial charge in [0.15, 0.2) is 0 Å². The first-order chi connectivity index (χ1) is 11.6. The highest BCUT2D eigenvalue weighted by Crippen LogP contribution is 2.34. The maximum absolute atomic E-state index is 12.5. The maximum atomic E-state index is 12.5. The van der Waals surface area contributed by atoms with Gasteiger partial charge in [-0.1, -0.05) is 17.8 Å². The van der Waals surface area contributed by atoms with Crippen LogP contribution in [0.2, 0.25) is 0 Å². The van der Waals surface area contributed by atoms with E-state index in [1.54, 1.807) is 35.6 Å². The molecule has 1 atom stereocenters. The fourth-order valence-corrected chi connectivity index (χ4v) is 4.25. The molecule has 1 N–H and O–H groups in total. The van der Waals surface area contributed by atoms with Crippen molar-refractivity contribution in [3.8, 4) is 0 Å². The van der Waals surface area contributed by atoms with Gasteiger partial charge < -0.3 is 10.2 Å². The van der Waals surface area contributed by atoms with Gasteiger partial charge >= 0.3 is 0 Å². The molecule has 0 spiro atoms. The Labute approximate surface area is 148 Å². The minimum atomic E-state index is -2.42. The molecule has 128 valence electrons.